The molecule has 0 saturated heterocycles. The molecule has 2 aromatic rings. The number of hydrogen-bond donors (Lipinski definition) is 2. The topological polar surface area (TPSA) is 89.0 Å². The molecule has 152 valence electrons. The molecule has 0 heterocycles. The van der Waals surface area contributed by atoms with E-state index >= 15 is 0 Å². The molecule has 7 nitrogen and oxygen atoms in total. The van der Waals surface area contributed by atoms with E-state index < -0.39 is 11.8 Å². The largest absolute Gasteiger partial charge is 0.493 e. The average Bonchev–Trinajstić information content (AvgIpc) is 2.68. The van der Waals surface area contributed by atoms with Crippen molar-refractivity contribution in [2.45, 2.75) is 6.42 Å². The maximum Gasteiger partial charge on any atom is 0.249 e. The van der Waals surface area contributed by atoms with Gasteiger partial charge in [-0.15, -0.1) is 0 Å². The number of carbonyl (C=O) groups is 2. The van der Waals surface area contributed by atoms with Crippen molar-refractivity contribution < 1.29 is 19.1 Å². The normalized spacial score (nSPS) is 10.4. The van der Waals surface area contributed by atoms with Crippen molar-refractivity contribution in [2.75, 3.05) is 19.0 Å². The number of nitrogens with zero attached hydrogens (tertiary/aromatic N) is 1. The lowest BCUT2D eigenvalue weighted by Crippen LogP contribution is -2.24. The molecule has 0 saturated carbocycles. The van der Waals surface area contributed by atoms with Gasteiger partial charge in [0.05, 0.1) is 16.9 Å². The number of hydrazone groups is 1. The second-order valence-electron chi connectivity index (χ2n) is 5.66. The zero-order valence-electron chi connectivity index (χ0n) is 15.6. The number of amides is 2. The predicted molar refractivity (Wildman–Crippen MR) is 122 cm³/mol. The van der Waals surface area contributed by atoms with Gasteiger partial charge in [0.25, 0.3) is 0 Å². The maximum absolute atomic E-state index is 11.9. The fraction of sp³-hybridized carbons (Fsp3) is 0.150. The van der Waals surface area contributed by atoms with Gasteiger partial charge >= 0.3 is 0 Å². The maximum atomic E-state index is 11.9. The summed E-state index contributed by atoms with van der Waals surface area (Å²) in [4.78, 5) is 23.8. The number of rotatable bonds is 9. The Labute approximate surface area is 187 Å². The van der Waals surface area contributed by atoms with Crippen LogP contribution in [-0.4, -0.2) is 31.7 Å². The Kier molecular flexibility index (Phi) is 8.94. The first-order chi connectivity index (χ1) is 13.9. The number of anilines is 1. The molecule has 0 atom stereocenters. The van der Waals surface area contributed by atoms with E-state index in [-0.39, 0.29) is 6.42 Å². The summed E-state index contributed by atoms with van der Waals surface area (Å²) in [5, 5.41) is 7.05. The highest BCUT2D eigenvalue weighted by molar-refractivity contribution is 14.1. The smallest absolute Gasteiger partial charge is 0.249 e. The number of carbonyl (C=O) groups excluding carboxylic acids is 2. The van der Waals surface area contributed by atoms with E-state index in [2.05, 4.69) is 45.0 Å². The molecule has 2 amide bonds. The molecule has 2 rings (SSSR count). The van der Waals surface area contributed by atoms with Crippen LogP contribution in [0.15, 0.2) is 54.2 Å². The quantitative estimate of drug-likeness (QED) is 0.170. The van der Waals surface area contributed by atoms with Crippen LogP contribution in [0.25, 0.3) is 0 Å². The number of halogens is 2. The van der Waals surface area contributed by atoms with E-state index in [1.807, 2.05) is 6.07 Å². The van der Waals surface area contributed by atoms with Gasteiger partial charge in [-0.2, -0.15) is 5.10 Å². The van der Waals surface area contributed by atoms with Crippen molar-refractivity contribution in [3.63, 3.8) is 0 Å². The molecular formula is C20H19ClIN3O4. The lowest BCUT2D eigenvalue weighted by Gasteiger charge is -2.12. The molecule has 0 unspecified atom stereocenters. The number of nitrogens with one attached hydrogen (secondary N) is 2. The Hall–Kier alpha value is -2.59. The average molecular weight is 528 g/mol. The summed E-state index contributed by atoms with van der Waals surface area (Å²) in [7, 11) is 1.54. The van der Waals surface area contributed by atoms with E-state index in [9.17, 15) is 9.59 Å². The van der Waals surface area contributed by atoms with Gasteiger partial charge in [0.1, 0.15) is 13.0 Å². The van der Waals surface area contributed by atoms with Crippen molar-refractivity contribution in [3.05, 3.63) is 63.2 Å². The summed E-state index contributed by atoms with van der Waals surface area (Å²) in [5.41, 5.74) is 3.57. The fourth-order valence-electron chi connectivity index (χ4n) is 2.20. The van der Waals surface area contributed by atoms with Gasteiger partial charge in [0.15, 0.2) is 11.5 Å². The summed E-state index contributed by atoms with van der Waals surface area (Å²) < 4.78 is 11.7. The molecule has 0 aliphatic rings. The fourth-order valence-corrected chi connectivity index (χ4v) is 3.11. The van der Waals surface area contributed by atoms with Crippen LogP contribution in [0.2, 0.25) is 5.02 Å². The Morgan fingerprint density at radius 2 is 1.97 bits per heavy atom. The predicted octanol–water partition coefficient (Wildman–Crippen LogP) is 4.00. The van der Waals surface area contributed by atoms with Gasteiger partial charge < -0.3 is 14.8 Å². The van der Waals surface area contributed by atoms with Crippen LogP contribution in [-0.2, 0) is 9.59 Å². The Morgan fingerprint density at radius 1 is 1.24 bits per heavy atom. The van der Waals surface area contributed by atoms with Crippen LogP contribution >= 0.6 is 34.2 Å². The molecule has 0 bridgehead atoms. The van der Waals surface area contributed by atoms with Crippen LogP contribution in [0, 0.1) is 3.57 Å². The molecule has 2 aromatic carbocycles. The van der Waals surface area contributed by atoms with Crippen LogP contribution in [0.3, 0.4) is 0 Å². The van der Waals surface area contributed by atoms with Gasteiger partial charge in [-0.3, -0.25) is 9.59 Å². The summed E-state index contributed by atoms with van der Waals surface area (Å²) in [6, 6.07) is 10.1. The van der Waals surface area contributed by atoms with Gasteiger partial charge in [-0.05, 0) is 64.6 Å². The Morgan fingerprint density at radius 3 is 2.62 bits per heavy atom. The van der Waals surface area contributed by atoms with E-state index in [4.69, 9.17) is 21.1 Å². The summed E-state index contributed by atoms with van der Waals surface area (Å²) in [6.45, 7) is 3.97. The second-order valence-corrected chi connectivity index (χ2v) is 7.26. The molecule has 9 heteroatoms. The molecule has 29 heavy (non-hydrogen) atoms. The van der Waals surface area contributed by atoms with Gasteiger partial charge in [-0.25, -0.2) is 5.43 Å². The summed E-state index contributed by atoms with van der Waals surface area (Å²) >= 11 is 7.91. The summed E-state index contributed by atoms with van der Waals surface area (Å²) in [5.74, 6) is 0.141. The third-order valence-electron chi connectivity index (χ3n) is 3.45. The second kappa shape index (κ2) is 11.4. The minimum atomic E-state index is -0.541. The first-order valence-electron chi connectivity index (χ1n) is 8.41. The SMILES string of the molecule is C=CCOc1c(I)cc(C=NNC(=O)CC(=O)Nc2ccc(Cl)cc2)cc1OC. The van der Waals surface area contributed by atoms with E-state index in [0.717, 1.165) is 3.57 Å². The lowest BCUT2D eigenvalue weighted by molar-refractivity contribution is -0.126. The molecule has 2 N–H and O–H groups in total. The molecule has 0 aliphatic heterocycles. The van der Waals surface area contributed by atoms with Gasteiger partial charge in [0, 0.05) is 10.7 Å². The molecular weight excluding hydrogens is 509 g/mol. The van der Waals surface area contributed by atoms with Crippen LogP contribution in [0.1, 0.15) is 12.0 Å². The van der Waals surface area contributed by atoms with Crippen molar-refractivity contribution >= 4 is 57.9 Å². The van der Waals surface area contributed by atoms with Crippen molar-refractivity contribution in [1.29, 1.82) is 0 Å². The van der Waals surface area contributed by atoms with E-state index in [1.54, 1.807) is 36.4 Å². The van der Waals surface area contributed by atoms with Crippen LogP contribution in [0.5, 0.6) is 11.5 Å². The first kappa shape index (κ1) is 22.7. The Bertz CT molecular complexity index is 917. The van der Waals surface area contributed by atoms with Crippen molar-refractivity contribution in [2.24, 2.45) is 5.10 Å². The van der Waals surface area contributed by atoms with Gasteiger partial charge in [-0.1, -0.05) is 24.3 Å². The zero-order chi connectivity index (χ0) is 21.2. The van der Waals surface area contributed by atoms with Crippen LogP contribution in [0.4, 0.5) is 5.69 Å². The number of hydrogen-bond acceptors (Lipinski definition) is 5. The van der Waals surface area contributed by atoms with Crippen LogP contribution < -0.4 is 20.2 Å². The minimum absolute atomic E-state index is 0.355. The molecule has 0 aromatic heterocycles. The molecule has 0 aliphatic carbocycles. The monoisotopic (exact) mass is 527 g/mol. The number of ether oxygens (including phenoxy) is 2. The van der Waals surface area contributed by atoms with E-state index in [0.29, 0.717) is 34.4 Å². The minimum Gasteiger partial charge on any atom is -0.493 e. The summed E-state index contributed by atoms with van der Waals surface area (Å²) in [6.07, 6.45) is 2.73. The molecule has 0 spiro atoms. The van der Waals surface area contributed by atoms with Crippen molar-refractivity contribution in [1.82, 2.24) is 5.43 Å². The molecule has 0 radical (unpaired) electrons. The molecule has 0 fully saturated rings. The highest BCUT2D eigenvalue weighted by Crippen LogP contribution is 2.33. The lowest BCUT2D eigenvalue weighted by atomic mass is 10.2. The number of methoxy groups -OCH3 is 1. The van der Waals surface area contributed by atoms with E-state index in [1.165, 1.54) is 13.3 Å². The standard InChI is InChI=1S/C20H19ClIN3O4/c1-3-8-29-20-16(22)9-13(10-17(20)28-2)12-23-25-19(27)11-18(26)24-15-6-4-14(21)5-7-15/h3-7,9-10,12H,1,8,11H2,2H3,(H,24,26)(H,25,27). The third-order valence-corrected chi connectivity index (χ3v) is 4.50. The number of benzene rings is 2. The first-order valence-corrected chi connectivity index (χ1v) is 9.87. The highest BCUT2D eigenvalue weighted by atomic mass is 127. The Balaban J connectivity index is 1.92. The zero-order valence-corrected chi connectivity index (χ0v) is 18.5. The third kappa shape index (κ3) is 7.39. The van der Waals surface area contributed by atoms with Gasteiger partial charge in [0.2, 0.25) is 11.8 Å². The van der Waals surface area contributed by atoms with Crippen molar-refractivity contribution in [3.8, 4) is 11.5 Å². The highest BCUT2D eigenvalue weighted by Gasteiger charge is 2.11.